The minimum Gasteiger partial charge on any atom is -0.373 e. The molecule has 1 heterocycles. The number of fused-ring (bicyclic) bond motifs is 1. The average molecular weight is 248 g/mol. The molecule has 1 aliphatic rings. The summed E-state index contributed by atoms with van der Waals surface area (Å²) in [6, 6.07) is 6.23. The molecule has 1 unspecified atom stereocenters. The molecule has 0 bridgehead atoms. The summed E-state index contributed by atoms with van der Waals surface area (Å²) in [5.74, 6) is 0. The Labute approximate surface area is 110 Å². The quantitative estimate of drug-likeness (QED) is 0.860. The van der Waals surface area contributed by atoms with Crippen LogP contribution in [0.15, 0.2) is 18.2 Å². The van der Waals surface area contributed by atoms with Crippen molar-refractivity contribution in [3.05, 3.63) is 29.3 Å². The fraction of sp³-hybridized carbons (Fsp3) is 0.600. The molecule has 1 aromatic carbocycles. The van der Waals surface area contributed by atoms with E-state index in [0.717, 1.165) is 25.1 Å². The van der Waals surface area contributed by atoms with Crippen LogP contribution in [0.1, 0.15) is 44.7 Å². The predicted octanol–water partition coefficient (Wildman–Crippen LogP) is 2.36. The van der Waals surface area contributed by atoms with E-state index in [0.29, 0.717) is 6.54 Å². The van der Waals surface area contributed by atoms with Crippen LogP contribution in [0, 0.1) is 0 Å². The number of aliphatic hydroxyl groups excluding tert-OH is 1. The third-order valence-corrected chi connectivity index (χ3v) is 4.55. The molecule has 0 radical (unpaired) electrons. The highest BCUT2D eigenvalue weighted by molar-refractivity contribution is 5.66. The Bertz CT molecular complexity index is 427. The minimum absolute atomic E-state index is 0.165. The molecule has 100 valence electrons. The highest BCUT2D eigenvalue weighted by atomic mass is 16.3. The molecule has 3 heteroatoms. The van der Waals surface area contributed by atoms with Gasteiger partial charge in [0, 0.05) is 24.2 Å². The van der Waals surface area contributed by atoms with Crippen LogP contribution < -0.4 is 10.6 Å². The monoisotopic (exact) mass is 248 g/mol. The van der Waals surface area contributed by atoms with Gasteiger partial charge in [-0.2, -0.15) is 0 Å². The number of aliphatic hydroxyl groups is 1. The molecule has 0 aliphatic carbocycles. The van der Waals surface area contributed by atoms with Gasteiger partial charge in [-0.1, -0.05) is 26.0 Å². The molecule has 0 saturated heterocycles. The first-order valence-electron chi connectivity index (χ1n) is 6.93. The average Bonchev–Trinajstić information content (AvgIpc) is 2.66. The standard InChI is InChI=1S/C15H24N2O/c1-4-15(5-2)13-11(10-16)8-7-9-12(13)17(6-3)14(15)18/h7-9,14,18H,4-6,10,16H2,1-3H3. The van der Waals surface area contributed by atoms with Crippen LogP contribution in [-0.2, 0) is 12.0 Å². The van der Waals surface area contributed by atoms with E-state index in [1.54, 1.807) is 0 Å². The SMILES string of the molecule is CCN1c2cccc(CN)c2C(CC)(CC)C1O. The molecule has 1 aromatic rings. The number of nitrogens with two attached hydrogens (primary N) is 1. The molecule has 0 amide bonds. The number of nitrogens with zero attached hydrogens (tertiary/aromatic N) is 1. The van der Waals surface area contributed by atoms with Gasteiger partial charge in [-0.15, -0.1) is 0 Å². The van der Waals surface area contributed by atoms with Crippen LogP contribution >= 0.6 is 0 Å². The van der Waals surface area contributed by atoms with Gasteiger partial charge in [-0.3, -0.25) is 0 Å². The zero-order valence-corrected chi connectivity index (χ0v) is 11.6. The summed E-state index contributed by atoms with van der Waals surface area (Å²) < 4.78 is 0. The van der Waals surface area contributed by atoms with Gasteiger partial charge in [-0.25, -0.2) is 0 Å². The van der Waals surface area contributed by atoms with Crippen LogP contribution in [0.2, 0.25) is 0 Å². The minimum atomic E-state index is -0.430. The third kappa shape index (κ3) is 1.57. The predicted molar refractivity (Wildman–Crippen MR) is 75.6 cm³/mol. The number of likely N-dealkylation sites (N-methyl/N-ethyl adjacent to an activating group) is 1. The molecular formula is C15H24N2O. The van der Waals surface area contributed by atoms with Gasteiger partial charge in [0.05, 0.1) is 0 Å². The van der Waals surface area contributed by atoms with Crippen molar-refractivity contribution in [2.24, 2.45) is 5.73 Å². The van der Waals surface area contributed by atoms with Gasteiger partial charge in [0.2, 0.25) is 0 Å². The van der Waals surface area contributed by atoms with Gasteiger partial charge in [0.1, 0.15) is 6.23 Å². The van der Waals surface area contributed by atoms with Crippen LogP contribution in [0.4, 0.5) is 5.69 Å². The second-order valence-electron chi connectivity index (χ2n) is 5.04. The summed E-state index contributed by atoms with van der Waals surface area (Å²) in [5, 5.41) is 10.7. The smallest absolute Gasteiger partial charge is 0.136 e. The molecule has 2 rings (SSSR count). The van der Waals surface area contributed by atoms with Crippen molar-refractivity contribution in [3.8, 4) is 0 Å². The molecule has 0 spiro atoms. The lowest BCUT2D eigenvalue weighted by Crippen LogP contribution is -2.44. The molecule has 1 atom stereocenters. The lowest BCUT2D eigenvalue weighted by Gasteiger charge is -2.34. The number of hydrogen-bond acceptors (Lipinski definition) is 3. The maximum Gasteiger partial charge on any atom is 0.136 e. The Kier molecular flexibility index (Phi) is 3.64. The molecule has 3 nitrogen and oxygen atoms in total. The molecule has 1 aliphatic heterocycles. The number of anilines is 1. The second kappa shape index (κ2) is 4.90. The third-order valence-electron chi connectivity index (χ3n) is 4.55. The van der Waals surface area contributed by atoms with Crippen molar-refractivity contribution in [3.63, 3.8) is 0 Å². The van der Waals surface area contributed by atoms with E-state index < -0.39 is 6.23 Å². The highest BCUT2D eigenvalue weighted by Gasteiger charge is 2.48. The highest BCUT2D eigenvalue weighted by Crippen LogP contribution is 2.49. The number of rotatable bonds is 4. The number of hydrogen-bond donors (Lipinski definition) is 2. The largest absolute Gasteiger partial charge is 0.373 e. The van der Waals surface area contributed by atoms with E-state index in [-0.39, 0.29) is 5.41 Å². The molecule has 3 N–H and O–H groups in total. The van der Waals surface area contributed by atoms with Crippen molar-refractivity contribution in [1.82, 2.24) is 0 Å². The van der Waals surface area contributed by atoms with Crippen LogP contribution in [0.3, 0.4) is 0 Å². The van der Waals surface area contributed by atoms with E-state index in [2.05, 4.69) is 37.8 Å². The first-order valence-corrected chi connectivity index (χ1v) is 6.93. The fourth-order valence-corrected chi connectivity index (χ4v) is 3.44. The lowest BCUT2D eigenvalue weighted by molar-refractivity contribution is 0.0840. The first-order chi connectivity index (χ1) is 8.66. The van der Waals surface area contributed by atoms with E-state index in [4.69, 9.17) is 5.73 Å². The van der Waals surface area contributed by atoms with Crippen molar-refractivity contribution in [1.29, 1.82) is 0 Å². The zero-order valence-electron chi connectivity index (χ0n) is 11.6. The van der Waals surface area contributed by atoms with Gasteiger partial charge < -0.3 is 15.7 Å². The maximum atomic E-state index is 10.7. The summed E-state index contributed by atoms with van der Waals surface area (Å²) in [6.07, 6.45) is 1.44. The van der Waals surface area contributed by atoms with E-state index in [1.165, 1.54) is 11.1 Å². The summed E-state index contributed by atoms with van der Waals surface area (Å²) in [5.41, 5.74) is 9.33. The van der Waals surface area contributed by atoms with E-state index >= 15 is 0 Å². The van der Waals surface area contributed by atoms with Crippen molar-refractivity contribution in [2.75, 3.05) is 11.4 Å². The summed E-state index contributed by atoms with van der Waals surface area (Å²) in [4.78, 5) is 2.10. The molecular weight excluding hydrogens is 224 g/mol. The van der Waals surface area contributed by atoms with Crippen LogP contribution in [0.5, 0.6) is 0 Å². The fourth-order valence-electron chi connectivity index (χ4n) is 3.44. The van der Waals surface area contributed by atoms with Gasteiger partial charge in [-0.05, 0) is 37.0 Å². The lowest BCUT2D eigenvalue weighted by atomic mass is 9.74. The van der Waals surface area contributed by atoms with Crippen LogP contribution in [0.25, 0.3) is 0 Å². The topological polar surface area (TPSA) is 49.5 Å². The molecule has 0 fully saturated rings. The van der Waals surface area contributed by atoms with Gasteiger partial charge in [0.25, 0.3) is 0 Å². The Morgan fingerprint density at radius 2 is 1.94 bits per heavy atom. The maximum absolute atomic E-state index is 10.7. The summed E-state index contributed by atoms with van der Waals surface area (Å²) in [7, 11) is 0. The zero-order chi connectivity index (χ0) is 13.3. The number of benzene rings is 1. The Morgan fingerprint density at radius 1 is 1.28 bits per heavy atom. The Balaban J connectivity index is 2.68. The van der Waals surface area contributed by atoms with Crippen molar-refractivity contribution in [2.45, 2.75) is 51.8 Å². The molecule has 0 aromatic heterocycles. The van der Waals surface area contributed by atoms with Crippen molar-refractivity contribution < 1.29 is 5.11 Å². The van der Waals surface area contributed by atoms with Gasteiger partial charge in [0.15, 0.2) is 0 Å². The van der Waals surface area contributed by atoms with Gasteiger partial charge >= 0.3 is 0 Å². The van der Waals surface area contributed by atoms with Crippen molar-refractivity contribution >= 4 is 5.69 Å². The first kappa shape index (κ1) is 13.4. The molecule has 18 heavy (non-hydrogen) atoms. The van der Waals surface area contributed by atoms with E-state index in [9.17, 15) is 5.11 Å². The summed E-state index contributed by atoms with van der Waals surface area (Å²) >= 11 is 0. The van der Waals surface area contributed by atoms with E-state index in [1.807, 2.05) is 6.07 Å². The Hall–Kier alpha value is -1.06. The summed E-state index contributed by atoms with van der Waals surface area (Å²) in [6.45, 7) is 7.76. The molecule has 0 saturated carbocycles. The second-order valence-corrected chi connectivity index (χ2v) is 5.04. The Morgan fingerprint density at radius 3 is 2.44 bits per heavy atom. The normalized spacial score (nSPS) is 21.2. The van der Waals surface area contributed by atoms with Crippen LogP contribution in [-0.4, -0.2) is 17.9 Å².